The van der Waals surface area contributed by atoms with E-state index in [1.165, 1.54) is 34.0 Å². The van der Waals surface area contributed by atoms with Crippen LogP contribution in [0.1, 0.15) is 38.3 Å². The van der Waals surface area contributed by atoms with Crippen LogP contribution in [0, 0.1) is 0 Å². The number of ketones is 1. The Morgan fingerprint density at radius 2 is 2.12 bits per heavy atom. The van der Waals surface area contributed by atoms with Crippen LogP contribution >= 0.6 is 22.7 Å². The van der Waals surface area contributed by atoms with Gasteiger partial charge in [0.15, 0.2) is 5.78 Å². The van der Waals surface area contributed by atoms with Gasteiger partial charge in [-0.25, -0.2) is 4.98 Å². The van der Waals surface area contributed by atoms with E-state index in [4.69, 9.17) is 0 Å². The van der Waals surface area contributed by atoms with E-state index in [1.54, 1.807) is 17.4 Å². The number of nitrogens with one attached hydrogen (secondary N) is 1. The predicted octanol–water partition coefficient (Wildman–Crippen LogP) is 2.53. The predicted molar refractivity (Wildman–Crippen MR) is 102 cm³/mol. The van der Waals surface area contributed by atoms with E-state index in [0.717, 1.165) is 34.5 Å². The molecular weight excluding hydrogens is 370 g/mol. The number of aryl methyl sites for hydroxylation is 2. The van der Waals surface area contributed by atoms with Gasteiger partial charge in [-0.15, -0.1) is 22.7 Å². The van der Waals surface area contributed by atoms with Crippen LogP contribution in [0.4, 0.5) is 0 Å². The van der Waals surface area contributed by atoms with Crippen molar-refractivity contribution >= 4 is 44.6 Å². The molecule has 0 bridgehead atoms. The average Bonchev–Trinajstić information content (AvgIpc) is 3.30. The summed E-state index contributed by atoms with van der Waals surface area (Å²) in [5.41, 5.74) is 0.996. The summed E-state index contributed by atoms with van der Waals surface area (Å²) in [6.45, 7) is 1.84. The Labute approximate surface area is 157 Å². The third kappa shape index (κ3) is 3.10. The van der Waals surface area contributed by atoms with E-state index in [9.17, 15) is 14.4 Å². The topological polar surface area (TPSA) is 81.1 Å². The van der Waals surface area contributed by atoms with Crippen molar-refractivity contribution in [3.63, 3.8) is 0 Å². The SMILES string of the molecule is CC(=O)NCc1ccc(C(=O)Cn2cnc3sc4c(c3c2=O)CCC4)s1. The van der Waals surface area contributed by atoms with Crippen LogP contribution in [0.3, 0.4) is 0 Å². The molecule has 1 amide bonds. The third-order valence-corrected chi connectivity index (χ3v) is 6.78. The molecule has 26 heavy (non-hydrogen) atoms. The van der Waals surface area contributed by atoms with Gasteiger partial charge in [-0.1, -0.05) is 0 Å². The van der Waals surface area contributed by atoms with Crippen LogP contribution in [0.15, 0.2) is 23.3 Å². The maximum absolute atomic E-state index is 12.8. The second-order valence-electron chi connectivity index (χ2n) is 6.31. The number of aromatic nitrogens is 2. The summed E-state index contributed by atoms with van der Waals surface area (Å²) in [7, 11) is 0. The Balaban J connectivity index is 1.57. The molecule has 1 aliphatic rings. The van der Waals surface area contributed by atoms with Gasteiger partial charge < -0.3 is 5.32 Å². The summed E-state index contributed by atoms with van der Waals surface area (Å²) in [5, 5.41) is 3.40. The summed E-state index contributed by atoms with van der Waals surface area (Å²) >= 11 is 2.93. The van der Waals surface area contributed by atoms with Crippen LogP contribution < -0.4 is 10.9 Å². The quantitative estimate of drug-likeness (QED) is 0.682. The fourth-order valence-corrected chi connectivity index (χ4v) is 5.30. The third-order valence-electron chi connectivity index (χ3n) is 4.45. The van der Waals surface area contributed by atoms with Gasteiger partial charge >= 0.3 is 0 Å². The first-order chi connectivity index (χ1) is 12.5. The highest BCUT2D eigenvalue weighted by atomic mass is 32.1. The fraction of sp³-hybridized carbons (Fsp3) is 0.333. The zero-order valence-corrected chi connectivity index (χ0v) is 15.8. The lowest BCUT2D eigenvalue weighted by Gasteiger charge is -2.04. The van der Waals surface area contributed by atoms with Crippen LogP contribution in [-0.4, -0.2) is 21.2 Å². The van der Waals surface area contributed by atoms with Crippen LogP contribution in [0.2, 0.25) is 0 Å². The smallest absolute Gasteiger partial charge is 0.262 e. The van der Waals surface area contributed by atoms with Crippen molar-refractivity contribution in [3.05, 3.63) is 49.0 Å². The molecule has 0 spiro atoms. The maximum atomic E-state index is 12.8. The van der Waals surface area contributed by atoms with Gasteiger partial charge in [-0.2, -0.15) is 0 Å². The van der Waals surface area contributed by atoms with Crippen molar-refractivity contribution in [3.8, 4) is 0 Å². The van der Waals surface area contributed by atoms with E-state index >= 15 is 0 Å². The number of rotatable bonds is 5. The molecule has 0 radical (unpaired) electrons. The molecule has 1 N–H and O–H groups in total. The van der Waals surface area contributed by atoms with Crippen LogP contribution in [0.5, 0.6) is 0 Å². The molecule has 3 aromatic heterocycles. The van der Waals surface area contributed by atoms with E-state index in [2.05, 4.69) is 10.3 Å². The molecule has 0 saturated heterocycles. The Morgan fingerprint density at radius 1 is 1.27 bits per heavy atom. The molecule has 0 saturated carbocycles. The van der Waals surface area contributed by atoms with Crippen LogP contribution in [0.25, 0.3) is 10.2 Å². The number of carbonyl (C=O) groups is 2. The highest BCUT2D eigenvalue weighted by molar-refractivity contribution is 7.18. The van der Waals surface area contributed by atoms with Crippen molar-refractivity contribution in [2.45, 2.75) is 39.3 Å². The molecule has 6 nitrogen and oxygen atoms in total. The molecule has 0 fully saturated rings. The fourth-order valence-electron chi connectivity index (χ4n) is 3.20. The largest absolute Gasteiger partial charge is 0.351 e. The minimum Gasteiger partial charge on any atom is -0.351 e. The lowest BCUT2D eigenvalue weighted by molar-refractivity contribution is -0.119. The molecule has 0 aliphatic heterocycles. The van der Waals surface area contributed by atoms with E-state index in [0.29, 0.717) is 16.8 Å². The molecule has 8 heteroatoms. The van der Waals surface area contributed by atoms with Gasteiger partial charge in [0.1, 0.15) is 4.83 Å². The van der Waals surface area contributed by atoms with Crippen molar-refractivity contribution in [1.29, 1.82) is 0 Å². The number of nitrogens with zero attached hydrogens (tertiary/aromatic N) is 2. The zero-order valence-electron chi connectivity index (χ0n) is 14.2. The molecule has 1 aliphatic carbocycles. The summed E-state index contributed by atoms with van der Waals surface area (Å²) in [5.74, 6) is -0.236. The zero-order chi connectivity index (χ0) is 18.3. The number of hydrogen-bond acceptors (Lipinski definition) is 6. The van der Waals surface area contributed by atoms with E-state index in [-0.39, 0.29) is 23.8 Å². The second-order valence-corrected chi connectivity index (χ2v) is 8.57. The van der Waals surface area contributed by atoms with Crippen molar-refractivity contribution in [1.82, 2.24) is 14.9 Å². The van der Waals surface area contributed by atoms with Gasteiger partial charge in [0, 0.05) is 16.7 Å². The number of hydrogen-bond donors (Lipinski definition) is 1. The number of thiophene rings is 2. The second kappa shape index (κ2) is 6.77. The minimum absolute atomic E-state index is 0.0213. The molecule has 4 rings (SSSR count). The molecule has 134 valence electrons. The van der Waals surface area contributed by atoms with Crippen molar-refractivity contribution in [2.75, 3.05) is 0 Å². The molecule has 0 unspecified atom stereocenters. The van der Waals surface area contributed by atoms with Gasteiger partial charge in [0.25, 0.3) is 5.56 Å². The van der Waals surface area contributed by atoms with E-state index in [1.807, 2.05) is 6.07 Å². The lowest BCUT2D eigenvalue weighted by Crippen LogP contribution is -2.24. The summed E-state index contributed by atoms with van der Waals surface area (Å²) in [6.07, 6.45) is 4.49. The standard InChI is InChI=1S/C18H17N3O3S2/c1-10(22)19-7-11-5-6-15(25-11)13(23)8-21-9-20-17-16(18(21)24)12-3-2-4-14(12)26-17/h5-6,9H,2-4,7-8H2,1H3,(H,19,22). The monoisotopic (exact) mass is 387 g/mol. The highest BCUT2D eigenvalue weighted by Gasteiger charge is 2.22. The van der Waals surface area contributed by atoms with Gasteiger partial charge in [-0.05, 0) is 37.0 Å². The van der Waals surface area contributed by atoms with Gasteiger partial charge in [0.2, 0.25) is 5.91 Å². The average molecular weight is 387 g/mol. The van der Waals surface area contributed by atoms with Gasteiger partial charge in [0.05, 0.1) is 29.7 Å². The highest BCUT2D eigenvalue weighted by Crippen LogP contribution is 2.34. The first-order valence-corrected chi connectivity index (χ1v) is 10.0. The number of amides is 1. The molecule has 0 aromatic carbocycles. The molecule has 3 aromatic rings. The summed E-state index contributed by atoms with van der Waals surface area (Å²) in [6, 6.07) is 3.56. The number of carbonyl (C=O) groups excluding carboxylic acids is 2. The number of fused-ring (bicyclic) bond motifs is 3. The first-order valence-electron chi connectivity index (χ1n) is 8.39. The Hall–Kier alpha value is -2.32. The Kier molecular flexibility index (Phi) is 4.46. The Bertz CT molecular complexity index is 1080. The molecule has 3 heterocycles. The Morgan fingerprint density at radius 3 is 2.92 bits per heavy atom. The first kappa shape index (κ1) is 17.1. The minimum atomic E-state index is -0.127. The molecular formula is C18H17N3O3S2. The van der Waals surface area contributed by atoms with Crippen molar-refractivity contribution < 1.29 is 9.59 Å². The maximum Gasteiger partial charge on any atom is 0.262 e. The molecule has 0 atom stereocenters. The summed E-state index contributed by atoms with van der Waals surface area (Å²) < 4.78 is 1.41. The van der Waals surface area contributed by atoms with Crippen LogP contribution in [-0.2, 0) is 30.7 Å². The van der Waals surface area contributed by atoms with Crippen molar-refractivity contribution in [2.24, 2.45) is 0 Å². The van der Waals surface area contributed by atoms with E-state index < -0.39 is 0 Å². The lowest BCUT2D eigenvalue weighted by atomic mass is 10.2. The normalized spacial score (nSPS) is 13.1. The van der Waals surface area contributed by atoms with Gasteiger partial charge in [-0.3, -0.25) is 19.0 Å². The summed E-state index contributed by atoms with van der Waals surface area (Å²) in [4.78, 5) is 44.3. The number of Topliss-reactive ketones (excluding diaryl/α,β-unsaturated/α-hetero) is 1.